The lowest BCUT2D eigenvalue weighted by atomic mass is 10.2. The zero-order chi connectivity index (χ0) is 17.9. The molecule has 0 bridgehead atoms. The van der Waals surface area contributed by atoms with Gasteiger partial charge in [0, 0.05) is 13.1 Å². The monoisotopic (exact) mass is 335 g/mol. The van der Waals surface area contributed by atoms with E-state index in [2.05, 4.69) is 10.6 Å². The molecule has 24 heavy (non-hydrogen) atoms. The first-order valence-corrected chi connectivity index (χ1v) is 8.00. The quantitative estimate of drug-likeness (QED) is 0.749. The molecule has 3 amide bonds. The number of alkyl carbamates (subject to hydrolysis) is 1. The van der Waals surface area contributed by atoms with E-state index in [4.69, 9.17) is 4.74 Å². The molecule has 132 valence electrons. The second-order valence-electron chi connectivity index (χ2n) is 5.22. The summed E-state index contributed by atoms with van der Waals surface area (Å²) in [5.74, 6) is -0.598. The number of likely N-dealkylation sites (N-methyl/N-ethyl adjacent to an activating group) is 1. The molecule has 0 saturated carbocycles. The van der Waals surface area contributed by atoms with Gasteiger partial charge in [-0.05, 0) is 26.3 Å². The lowest BCUT2D eigenvalue weighted by Crippen LogP contribution is -2.49. The third kappa shape index (κ3) is 6.68. The number of benzene rings is 1. The van der Waals surface area contributed by atoms with Crippen molar-refractivity contribution in [3.8, 4) is 0 Å². The van der Waals surface area contributed by atoms with Crippen LogP contribution in [0.3, 0.4) is 0 Å². The molecule has 0 aliphatic heterocycles. The summed E-state index contributed by atoms with van der Waals surface area (Å²) in [5.41, 5.74) is 0.857. The van der Waals surface area contributed by atoms with Crippen LogP contribution in [0, 0.1) is 0 Å². The van der Waals surface area contributed by atoms with Crippen LogP contribution in [0.4, 0.5) is 4.79 Å². The first-order chi connectivity index (χ1) is 11.5. The molecule has 0 aliphatic carbocycles. The van der Waals surface area contributed by atoms with Crippen molar-refractivity contribution in [1.29, 1.82) is 0 Å². The van der Waals surface area contributed by atoms with Gasteiger partial charge < -0.3 is 20.3 Å². The van der Waals surface area contributed by atoms with Crippen LogP contribution in [0.5, 0.6) is 0 Å². The van der Waals surface area contributed by atoms with E-state index in [9.17, 15) is 14.4 Å². The largest absolute Gasteiger partial charge is 0.445 e. The minimum atomic E-state index is -0.684. The van der Waals surface area contributed by atoms with Crippen molar-refractivity contribution in [1.82, 2.24) is 15.5 Å². The molecule has 2 N–H and O–H groups in total. The van der Waals surface area contributed by atoms with E-state index in [1.807, 2.05) is 44.2 Å². The maximum absolute atomic E-state index is 12.0. The maximum atomic E-state index is 12.0. The molecular formula is C17H25N3O4. The van der Waals surface area contributed by atoms with E-state index in [1.165, 1.54) is 0 Å². The van der Waals surface area contributed by atoms with Crippen LogP contribution in [-0.2, 0) is 20.9 Å². The predicted octanol–water partition coefficient (Wildman–Crippen LogP) is 1.29. The zero-order valence-electron chi connectivity index (χ0n) is 14.4. The molecule has 1 aromatic carbocycles. The van der Waals surface area contributed by atoms with Gasteiger partial charge in [0.1, 0.15) is 19.2 Å². The number of hydrogen-bond acceptors (Lipinski definition) is 4. The number of nitrogens with one attached hydrogen (secondary N) is 2. The Morgan fingerprint density at radius 3 is 2.33 bits per heavy atom. The molecule has 0 heterocycles. The van der Waals surface area contributed by atoms with Gasteiger partial charge in [-0.3, -0.25) is 9.59 Å². The fourth-order valence-electron chi connectivity index (χ4n) is 2.09. The van der Waals surface area contributed by atoms with Crippen LogP contribution in [0.15, 0.2) is 30.3 Å². The van der Waals surface area contributed by atoms with E-state index in [-0.39, 0.29) is 19.1 Å². The third-order valence-corrected chi connectivity index (χ3v) is 3.43. The highest BCUT2D eigenvalue weighted by Gasteiger charge is 2.20. The van der Waals surface area contributed by atoms with Crippen molar-refractivity contribution < 1.29 is 19.1 Å². The molecule has 0 radical (unpaired) electrons. The minimum absolute atomic E-state index is 0.130. The first-order valence-electron chi connectivity index (χ1n) is 8.00. The summed E-state index contributed by atoms with van der Waals surface area (Å²) in [5, 5.41) is 4.91. The number of nitrogens with zero attached hydrogens (tertiary/aromatic N) is 1. The number of amides is 3. The number of carbonyl (C=O) groups is 3. The molecular weight excluding hydrogens is 310 g/mol. The van der Waals surface area contributed by atoms with Crippen molar-refractivity contribution in [3.05, 3.63) is 35.9 Å². The van der Waals surface area contributed by atoms with Gasteiger partial charge in [0.25, 0.3) is 0 Å². The molecule has 1 atom stereocenters. The smallest absolute Gasteiger partial charge is 0.407 e. The Labute approximate surface area is 142 Å². The Hall–Kier alpha value is -2.57. The molecule has 0 fully saturated rings. The van der Waals surface area contributed by atoms with Crippen molar-refractivity contribution in [2.45, 2.75) is 33.4 Å². The van der Waals surface area contributed by atoms with E-state index >= 15 is 0 Å². The molecule has 1 aromatic rings. The van der Waals surface area contributed by atoms with Gasteiger partial charge in [-0.15, -0.1) is 0 Å². The number of ether oxygens (including phenoxy) is 1. The average molecular weight is 335 g/mol. The topological polar surface area (TPSA) is 87.7 Å². The number of rotatable bonds is 8. The second-order valence-corrected chi connectivity index (χ2v) is 5.22. The van der Waals surface area contributed by atoms with E-state index in [0.717, 1.165) is 5.56 Å². The van der Waals surface area contributed by atoms with E-state index in [0.29, 0.717) is 13.1 Å². The Bertz CT molecular complexity index is 544. The van der Waals surface area contributed by atoms with Gasteiger partial charge >= 0.3 is 6.09 Å². The van der Waals surface area contributed by atoms with Crippen molar-refractivity contribution >= 4 is 17.9 Å². The molecule has 1 rings (SSSR count). The second kappa shape index (κ2) is 10.3. The summed E-state index contributed by atoms with van der Waals surface area (Å²) in [6, 6.07) is 8.59. The maximum Gasteiger partial charge on any atom is 0.407 e. The fourth-order valence-corrected chi connectivity index (χ4v) is 2.09. The van der Waals surface area contributed by atoms with Gasteiger partial charge in [-0.1, -0.05) is 30.3 Å². The summed E-state index contributed by atoms with van der Waals surface area (Å²) < 4.78 is 5.00. The van der Waals surface area contributed by atoms with Crippen LogP contribution < -0.4 is 10.6 Å². The third-order valence-electron chi connectivity index (χ3n) is 3.43. The van der Waals surface area contributed by atoms with Gasteiger partial charge in [-0.25, -0.2) is 4.79 Å². The summed E-state index contributed by atoms with van der Waals surface area (Å²) >= 11 is 0. The van der Waals surface area contributed by atoms with Gasteiger partial charge in [0.15, 0.2) is 0 Å². The van der Waals surface area contributed by atoms with Crippen molar-refractivity contribution in [3.63, 3.8) is 0 Å². The molecule has 0 aromatic heterocycles. The lowest BCUT2D eigenvalue weighted by Gasteiger charge is -2.23. The highest BCUT2D eigenvalue weighted by atomic mass is 16.5. The Morgan fingerprint density at radius 1 is 1.12 bits per heavy atom. The van der Waals surface area contributed by atoms with Crippen LogP contribution >= 0.6 is 0 Å². The van der Waals surface area contributed by atoms with Crippen LogP contribution in [0.1, 0.15) is 26.3 Å². The van der Waals surface area contributed by atoms with E-state index in [1.54, 1.807) is 11.8 Å². The Morgan fingerprint density at radius 2 is 1.75 bits per heavy atom. The molecule has 0 unspecified atom stereocenters. The summed E-state index contributed by atoms with van der Waals surface area (Å²) in [6.45, 7) is 6.42. The highest BCUT2D eigenvalue weighted by molar-refractivity contribution is 5.89. The Kier molecular flexibility index (Phi) is 8.32. The zero-order valence-corrected chi connectivity index (χ0v) is 14.4. The van der Waals surface area contributed by atoms with Crippen molar-refractivity contribution in [2.24, 2.45) is 0 Å². The van der Waals surface area contributed by atoms with Gasteiger partial charge in [0.2, 0.25) is 11.8 Å². The average Bonchev–Trinajstić information content (AvgIpc) is 2.60. The fraction of sp³-hybridized carbons (Fsp3) is 0.471. The SMILES string of the molecule is CCN(CC)C(=O)[C@H](C)NC(=O)CNC(=O)OCc1ccccc1. The summed E-state index contributed by atoms with van der Waals surface area (Å²) in [7, 11) is 0. The number of carbonyl (C=O) groups excluding carboxylic acids is 3. The number of hydrogen-bond donors (Lipinski definition) is 2. The standard InChI is InChI=1S/C17H25N3O4/c1-4-20(5-2)16(22)13(3)19-15(21)11-18-17(23)24-12-14-9-7-6-8-10-14/h6-10,13H,4-5,11-12H2,1-3H3,(H,18,23)(H,19,21)/t13-/m0/s1. The summed E-state index contributed by atoms with van der Waals surface area (Å²) in [4.78, 5) is 37.0. The first kappa shape index (κ1) is 19.5. The molecule has 0 aliphatic rings. The van der Waals surface area contributed by atoms with Gasteiger partial charge in [-0.2, -0.15) is 0 Å². The predicted molar refractivity (Wildman–Crippen MR) is 90.2 cm³/mol. The van der Waals surface area contributed by atoms with Gasteiger partial charge in [0.05, 0.1) is 0 Å². The minimum Gasteiger partial charge on any atom is -0.445 e. The van der Waals surface area contributed by atoms with Crippen LogP contribution in [-0.4, -0.2) is 48.5 Å². The molecule has 7 heteroatoms. The van der Waals surface area contributed by atoms with E-state index < -0.39 is 18.0 Å². The summed E-state index contributed by atoms with van der Waals surface area (Å²) in [6.07, 6.45) is -0.684. The van der Waals surface area contributed by atoms with Crippen molar-refractivity contribution in [2.75, 3.05) is 19.6 Å². The molecule has 0 saturated heterocycles. The highest BCUT2D eigenvalue weighted by Crippen LogP contribution is 2.00. The van der Waals surface area contributed by atoms with Crippen LogP contribution in [0.2, 0.25) is 0 Å². The Balaban J connectivity index is 2.29. The lowest BCUT2D eigenvalue weighted by molar-refractivity contribution is -0.135. The molecule has 0 spiro atoms. The normalized spacial score (nSPS) is 11.3. The molecule has 7 nitrogen and oxygen atoms in total. The van der Waals surface area contributed by atoms with Crippen LogP contribution in [0.25, 0.3) is 0 Å².